The van der Waals surface area contributed by atoms with E-state index in [4.69, 9.17) is 9.72 Å². The summed E-state index contributed by atoms with van der Waals surface area (Å²) < 4.78 is 19.0. The number of rotatable bonds is 4. The third kappa shape index (κ3) is 5.21. The van der Waals surface area contributed by atoms with Gasteiger partial charge in [0.2, 0.25) is 11.9 Å². The van der Waals surface area contributed by atoms with Gasteiger partial charge in [0.25, 0.3) is 0 Å². The molecule has 1 saturated heterocycles. The van der Waals surface area contributed by atoms with Gasteiger partial charge in [-0.1, -0.05) is 26.0 Å². The van der Waals surface area contributed by atoms with Gasteiger partial charge in [-0.15, -0.1) is 0 Å². The first-order valence-electron chi connectivity index (χ1n) is 11.0. The van der Waals surface area contributed by atoms with E-state index in [0.717, 1.165) is 48.7 Å². The fraction of sp³-hybridized carbons (Fsp3) is 0.542. The Morgan fingerprint density at radius 2 is 1.90 bits per heavy atom. The largest absolute Gasteiger partial charge is 0.372 e. The molecule has 0 unspecified atom stereocenters. The Labute approximate surface area is 183 Å². The van der Waals surface area contributed by atoms with Crippen LogP contribution in [0.25, 0.3) is 0 Å². The molecule has 1 fully saturated rings. The maximum Gasteiger partial charge on any atom is 0.225 e. The number of ether oxygens (including phenoxy) is 1. The Kier molecular flexibility index (Phi) is 5.97. The summed E-state index contributed by atoms with van der Waals surface area (Å²) in [5.74, 6) is 0.346. The van der Waals surface area contributed by atoms with Crippen LogP contribution < -0.4 is 10.2 Å². The molecule has 1 amide bonds. The van der Waals surface area contributed by atoms with Crippen molar-refractivity contribution in [1.82, 2.24) is 15.3 Å². The maximum atomic E-state index is 13.1. The first-order valence-corrected chi connectivity index (χ1v) is 11.0. The Morgan fingerprint density at radius 1 is 1.23 bits per heavy atom. The molecule has 3 atom stereocenters. The van der Waals surface area contributed by atoms with Gasteiger partial charge in [0.05, 0.1) is 30.4 Å². The standard InChI is InChI=1S/C24H31FN4O2/c1-15-13-29(14-16(2)31-15)23-26-12-19-20(10-24(3,4)11-21(19)28-23)27-22(30)9-17-5-7-18(25)8-6-17/h5-8,12,15-16,20H,9-11,13-14H2,1-4H3,(H,27,30)/t15-,16-,20+/m1/s1. The van der Waals surface area contributed by atoms with Gasteiger partial charge in [0, 0.05) is 24.8 Å². The summed E-state index contributed by atoms with van der Waals surface area (Å²) in [6, 6.07) is 5.92. The molecule has 1 aromatic carbocycles. The van der Waals surface area contributed by atoms with Crippen LogP contribution in [0.15, 0.2) is 30.5 Å². The van der Waals surface area contributed by atoms with Gasteiger partial charge in [0.15, 0.2) is 0 Å². The van der Waals surface area contributed by atoms with E-state index in [0.29, 0.717) is 0 Å². The lowest BCUT2D eigenvalue weighted by Gasteiger charge is -2.38. The van der Waals surface area contributed by atoms with Crippen LogP contribution in [-0.2, 0) is 22.4 Å². The zero-order valence-electron chi connectivity index (χ0n) is 18.7. The number of nitrogens with zero attached hydrogens (tertiary/aromatic N) is 3. The minimum Gasteiger partial charge on any atom is -0.372 e. The maximum absolute atomic E-state index is 13.1. The normalized spacial score (nSPS) is 25.1. The lowest BCUT2D eigenvalue weighted by Crippen LogP contribution is -2.46. The van der Waals surface area contributed by atoms with E-state index in [1.807, 2.05) is 6.20 Å². The second-order valence-corrected chi connectivity index (χ2v) is 9.70. The average Bonchev–Trinajstić information content (AvgIpc) is 2.67. The fourth-order valence-corrected chi connectivity index (χ4v) is 4.69. The number of amides is 1. The summed E-state index contributed by atoms with van der Waals surface area (Å²) in [6.07, 6.45) is 4.04. The first-order chi connectivity index (χ1) is 14.7. The van der Waals surface area contributed by atoms with E-state index in [2.05, 4.69) is 42.9 Å². The number of hydrogen-bond donors (Lipinski definition) is 1. The highest BCUT2D eigenvalue weighted by Crippen LogP contribution is 2.40. The number of anilines is 1. The van der Waals surface area contributed by atoms with Gasteiger partial charge >= 0.3 is 0 Å². The van der Waals surface area contributed by atoms with E-state index in [9.17, 15) is 9.18 Å². The van der Waals surface area contributed by atoms with E-state index in [-0.39, 0.29) is 41.8 Å². The predicted octanol–water partition coefficient (Wildman–Crippen LogP) is 3.60. The van der Waals surface area contributed by atoms with Crippen molar-refractivity contribution in [2.75, 3.05) is 18.0 Å². The topological polar surface area (TPSA) is 67.4 Å². The summed E-state index contributed by atoms with van der Waals surface area (Å²) in [4.78, 5) is 24.5. The number of nitrogens with one attached hydrogen (secondary N) is 1. The van der Waals surface area contributed by atoms with Crippen LogP contribution in [0.4, 0.5) is 10.3 Å². The molecular formula is C24H31FN4O2. The Balaban J connectivity index is 1.53. The lowest BCUT2D eigenvalue weighted by molar-refractivity contribution is -0.121. The molecule has 166 valence electrons. The highest BCUT2D eigenvalue weighted by molar-refractivity contribution is 5.79. The molecule has 0 bridgehead atoms. The average molecular weight is 427 g/mol. The SMILES string of the molecule is C[C@@H]1CN(c2ncc3c(n2)CC(C)(C)C[C@@H]3NC(=O)Cc2ccc(F)cc2)C[C@@H](C)O1. The number of hydrogen-bond acceptors (Lipinski definition) is 5. The quantitative estimate of drug-likeness (QED) is 0.809. The number of halogens is 1. The zero-order chi connectivity index (χ0) is 22.2. The van der Waals surface area contributed by atoms with Crippen molar-refractivity contribution in [2.24, 2.45) is 5.41 Å². The molecule has 0 saturated carbocycles. The number of fused-ring (bicyclic) bond motifs is 1. The molecule has 1 N–H and O–H groups in total. The highest BCUT2D eigenvalue weighted by Gasteiger charge is 2.35. The molecule has 1 aliphatic heterocycles. The summed E-state index contributed by atoms with van der Waals surface area (Å²) in [6.45, 7) is 10.1. The molecule has 1 aromatic heterocycles. The van der Waals surface area contributed by atoms with Crippen LogP contribution in [0.5, 0.6) is 0 Å². The smallest absolute Gasteiger partial charge is 0.225 e. The lowest BCUT2D eigenvalue weighted by atomic mass is 9.74. The summed E-state index contributed by atoms with van der Waals surface area (Å²) in [5, 5.41) is 3.16. The Hall–Kier alpha value is -2.54. The number of carbonyl (C=O) groups is 1. The molecule has 7 heteroatoms. The van der Waals surface area contributed by atoms with Crippen molar-refractivity contribution in [3.8, 4) is 0 Å². The second kappa shape index (κ2) is 8.54. The van der Waals surface area contributed by atoms with Crippen molar-refractivity contribution in [1.29, 1.82) is 0 Å². The predicted molar refractivity (Wildman–Crippen MR) is 117 cm³/mol. The Bertz CT molecular complexity index is 937. The number of carbonyl (C=O) groups excluding carboxylic acids is 1. The molecule has 31 heavy (non-hydrogen) atoms. The second-order valence-electron chi connectivity index (χ2n) is 9.70. The van der Waals surface area contributed by atoms with Gasteiger partial charge in [-0.25, -0.2) is 14.4 Å². The monoisotopic (exact) mass is 426 g/mol. The number of benzene rings is 1. The molecule has 2 heterocycles. The molecule has 4 rings (SSSR count). The van der Waals surface area contributed by atoms with Crippen LogP contribution in [0.2, 0.25) is 0 Å². The minimum atomic E-state index is -0.302. The number of aromatic nitrogens is 2. The van der Waals surface area contributed by atoms with Gasteiger partial charge in [0.1, 0.15) is 5.82 Å². The minimum absolute atomic E-state index is 0.0119. The van der Waals surface area contributed by atoms with Gasteiger partial charge in [-0.2, -0.15) is 0 Å². The molecule has 6 nitrogen and oxygen atoms in total. The highest BCUT2D eigenvalue weighted by atomic mass is 19.1. The molecular weight excluding hydrogens is 395 g/mol. The van der Waals surface area contributed by atoms with Crippen LogP contribution in [0.1, 0.15) is 57.0 Å². The summed E-state index contributed by atoms with van der Waals surface area (Å²) >= 11 is 0. The molecule has 1 aliphatic carbocycles. The van der Waals surface area contributed by atoms with E-state index in [1.165, 1.54) is 12.1 Å². The van der Waals surface area contributed by atoms with Crippen molar-refractivity contribution in [2.45, 2.75) is 65.2 Å². The third-order valence-corrected chi connectivity index (χ3v) is 5.98. The zero-order valence-corrected chi connectivity index (χ0v) is 18.7. The van der Waals surface area contributed by atoms with Crippen LogP contribution in [-0.4, -0.2) is 41.2 Å². The van der Waals surface area contributed by atoms with Gasteiger partial charge in [-0.05, 0) is 49.8 Å². The van der Waals surface area contributed by atoms with E-state index >= 15 is 0 Å². The molecule has 0 spiro atoms. The molecule has 0 radical (unpaired) electrons. The molecule has 2 aliphatic rings. The van der Waals surface area contributed by atoms with E-state index < -0.39 is 0 Å². The third-order valence-electron chi connectivity index (χ3n) is 5.98. The molecule has 2 aromatic rings. The van der Waals surface area contributed by atoms with E-state index in [1.54, 1.807) is 12.1 Å². The Morgan fingerprint density at radius 3 is 2.58 bits per heavy atom. The first kappa shape index (κ1) is 21.7. The fourth-order valence-electron chi connectivity index (χ4n) is 4.69. The van der Waals surface area contributed by atoms with Crippen molar-refractivity contribution in [3.63, 3.8) is 0 Å². The summed E-state index contributed by atoms with van der Waals surface area (Å²) in [5.41, 5.74) is 2.79. The van der Waals surface area contributed by atoms with Crippen molar-refractivity contribution >= 4 is 11.9 Å². The van der Waals surface area contributed by atoms with Crippen LogP contribution in [0.3, 0.4) is 0 Å². The van der Waals surface area contributed by atoms with Crippen LogP contribution in [0, 0.1) is 11.2 Å². The van der Waals surface area contributed by atoms with Gasteiger partial charge in [-0.3, -0.25) is 4.79 Å². The van der Waals surface area contributed by atoms with Crippen LogP contribution >= 0.6 is 0 Å². The van der Waals surface area contributed by atoms with Crippen molar-refractivity contribution in [3.05, 3.63) is 53.1 Å². The van der Waals surface area contributed by atoms with Gasteiger partial charge < -0.3 is 15.0 Å². The van der Waals surface area contributed by atoms with Crippen molar-refractivity contribution < 1.29 is 13.9 Å². The number of morpholine rings is 1. The summed E-state index contributed by atoms with van der Waals surface area (Å²) in [7, 11) is 0.